The Hall–Kier alpha value is -2.93. The van der Waals surface area contributed by atoms with Crippen LogP contribution in [0.25, 0.3) is 11.3 Å². The third-order valence-electron chi connectivity index (χ3n) is 4.70. The van der Waals surface area contributed by atoms with E-state index >= 15 is 0 Å². The number of hydrogen-bond donors (Lipinski definition) is 2. The number of carbonyl (C=O) groups is 1. The molecule has 0 atom stereocenters. The molecule has 1 aliphatic rings. The molecule has 3 heterocycles. The quantitative estimate of drug-likeness (QED) is 0.729. The van der Waals surface area contributed by atoms with Gasteiger partial charge in [0, 0.05) is 41.7 Å². The second kappa shape index (κ2) is 7.75. The standard InChI is InChI=1S/C20H20N4O2S/c25-18-12-17(15-8-11-27-13-15)22-20(23-18)21-16-6-9-24(10-7-16)19(26)14-4-2-1-3-5-14/h1-5,8,11-13,16H,6-7,9-10H2,(H2,21,22,23,25). The molecule has 1 saturated heterocycles. The zero-order valence-electron chi connectivity index (χ0n) is 14.7. The Morgan fingerprint density at radius 3 is 2.67 bits per heavy atom. The van der Waals surface area contributed by atoms with Crippen LogP contribution in [0.15, 0.2) is 58.0 Å². The lowest BCUT2D eigenvalue weighted by Gasteiger charge is -2.32. The fraction of sp³-hybridized carbons (Fsp3) is 0.250. The van der Waals surface area contributed by atoms with Gasteiger partial charge in [0.1, 0.15) is 0 Å². The number of piperidine rings is 1. The minimum atomic E-state index is -0.176. The van der Waals surface area contributed by atoms with E-state index in [1.807, 2.05) is 52.1 Å². The molecule has 0 radical (unpaired) electrons. The highest BCUT2D eigenvalue weighted by Gasteiger charge is 2.24. The molecule has 4 rings (SSSR count). The van der Waals surface area contributed by atoms with E-state index < -0.39 is 0 Å². The van der Waals surface area contributed by atoms with Crippen LogP contribution in [0.4, 0.5) is 5.95 Å². The Bertz CT molecular complexity index is 961. The molecule has 6 nitrogen and oxygen atoms in total. The Labute approximate surface area is 160 Å². The number of amides is 1. The monoisotopic (exact) mass is 380 g/mol. The van der Waals surface area contributed by atoms with Gasteiger partial charge in [0.15, 0.2) is 0 Å². The first-order chi connectivity index (χ1) is 13.2. The summed E-state index contributed by atoms with van der Waals surface area (Å²) in [5.41, 5.74) is 2.15. The van der Waals surface area contributed by atoms with Crippen LogP contribution in [0.5, 0.6) is 0 Å². The number of benzene rings is 1. The molecule has 1 fully saturated rings. The van der Waals surface area contributed by atoms with Crippen LogP contribution in [-0.4, -0.2) is 39.9 Å². The molecule has 1 aromatic carbocycles. The Kier molecular flexibility index (Phi) is 5.02. The number of nitrogens with one attached hydrogen (secondary N) is 2. The maximum atomic E-state index is 12.5. The fourth-order valence-corrected chi connectivity index (χ4v) is 3.92. The zero-order valence-corrected chi connectivity index (χ0v) is 15.5. The van der Waals surface area contributed by atoms with Crippen molar-refractivity contribution in [3.05, 3.63) is 69.1 Å². The van der Waals surface area contributed by atoms with Gasteiger partial charge in [0.25, 0.3) is 11.5 Å². The lowest BCUT2D eigenvalue weighted by Crippen LogP contribution is -2.42. The van der Waals surface area contributed by atoms with E-state index in [1.54, 1.807) is 11.3 Å². The number of nitrogens with zero attached hydrogens (tertiary/aromatic N) is 2. The topological polar surface area (TPSA) is 78.1 Å². The average molecular weight is 380 g/mol. The van der Waals surface area contributed by atoms with Crippen molar-refractivity contribution in [1.82, 2.24) is 14.9 Å². The SMILES string of the molecule is O=C(c1ccccc1)N1CCC(Nc2nc(-c3ccsc3)cc(=O)[nH]2)CC1. The maximum Gasteiger partial charge on any atom is 0.253 e. The summed E-state index contributed by atoms with van der Waals surface area (Å²) in [4.78, 5) is 33.7. The zero-order chi connectivity index (χ0) is 18.6. The Morgan fingerprint density at radius 2 is 1.96 bits per heavy atom. The van der Waals surface area contributed by atoms with Gasteiger partial charge in [0.2, 0.25) is 5.95 Å². The van der Waals surface area contributed by atoms with Crippen LogP contribution >= 0.6 is 11.3 Å². The van der Waals surface area contributed by atoms with E-state index in [0.29, 0.717) is 24.7 Å². The van der Waals surface area contributed by atoms with Crippen molar-refractivity contribution in [2.75, 3.05) is 18.4 Å². The molecule has 1 amide bonds. The van der Waals surface area contributed by atoms with Crippen LogP contribution < -0.4 is 10.9 Å². The number of anilines is 1. The highest BCUT2D eigenvalue weighted by Crippen LogP contribution is 2.21. The summed E-state index contributed by atoms with van der Waals surface area (Å²) >= 11 is 1.57. The lowest BCUT2D eigenvalue weighted by molar-refractivity contribution is 0.0718. The van der Waals surface area contributed by atoms with Crippen LogP contribution in [-0.2, 0) is 0 Å². The van der Waals surface area contributed by atoms with E-state index in [0.717, 1.165) is 24.0 Å². The van der Waals surface area contributed by atoms with Crippen LogP contribution in [0.3, 0.4) is 0 Å². The number of hydrogen-bond acceptors (Lipinski definition) is 5. The number of H-pyrrole nitrogens is 1. The summed E-state index contributed by atoms with van der Waals surface area (Å²) in [6.07, 6.45) is 1.62. The maximum absolute atomic E-state index is 12.5. The van der Waals surface area contributed by atoms with Crippen molar-refractivity contribution < 1.29 is 4.79 Å². The first kappa shape index (κ1) is 17.5. The molecule has 138 valence electrons. The van der Waals surface area contributed by atoms with Crippen molar-refractivity contribution in [1.29, 1.82) is 0 Å². The molecule has 1 aliphatic heterocycles. The molecule has 27 heavy (non-hydrogen) atoms. The first-order valence-corrected chi connectivity index (χ1v) is 9.88. The summed E-state index contributed by atoms with van der Waals surface area (Å²) < 4.78 is 0. The van der Waals surface area contributed by atoms with Gasteiger partial charge >= 0.3 is 0 Å². The number of rotatable bonds is 4. The summed E-state index contributed by atoms with van der Waals surface area (Å²) in [6, 6.07) is 13.0. The predicted molar refractivity (Wildman–Crippen MR) is 107 cm³/mol. The van der Waals surface area contributed by atoms with E-state index in [2.05, 4.69) is 15.3 Å². The fourth-order valence-electron chi connectivity index (χ4n) is 3.27. The minimum Gasteiger partial charge on any atom is -0.353 e. The first-order valence-electron chi connectivity index (χ1n) is 8.94. The van der Waals surface area contributed by atoms with Crippen molar-refractivity contribution in [3.63, 3.8) is 0 Å². The molecule has 0 spiro atoms. The van der Waals surface area contributed by atoms with Crippen molar-refractivity contribution in [2.24, 2.45) is 0 Å². The number of likely N-dealkylation sites (tertiary alicyclic amines) is 1. The Morgan fingerprint density at radius 1 is 1.19 bits per heavy atom. The molecule has 0 saturated carbocycles. The minimum absolute atomic E-state index is 0.0695. The van der Waals surface area contributed by atoms with Gasteiger partial charge in [-0.15, -0.1) is 0 Å². The van der Waals surface area contributed by atoms with Crippen molar-refractivity contribution in [3.8, 4) is 11.3 Å². The van der Waals surface area contributed by atoms with Crippen LogP contribution in [0.2, 0.25) is 0 Å². The molecular formula is C20H20N4O2S. The lowest BCUT2D eigenvalue weighted by atomic mass is 10.0. The molecule has 2 aromatic heterocycles. The van der Waals surface area contributed by atoms with Gasteiger partial charge in [-0.05, 0) is 36.4 Å². The van der Waals surface area contributed by atoms with Gasteiger partial charge in [-0.3, -0.25) is 14.6 Å². The van der Waals surface area contributed by atoms with Crippen molar-refractivity contribution >= 4 is 23.2 Å². The number of carbonyl (C=O) groups excluding carboxylic acids is 1. The number of aromatic nitrogens is 2. The molecular weight excluding hydrogens is 360 g/mol. The second-order valence-electron chi connectivity index (χ2n) is 6.57. The van der Waals surface area contributed by atoms with Crippen LogP contribution in [0, 0.1) is 0 Å². The molecule has 0 aliphatic carbocycles. The molecule has 0 unspecified atom stereocenters. The highest BCUT2D eigenvalue weighted by molar-refractivity contribution is 7.08. The summed E-state index contributed by atoms with van der Waals surface area (Å²) in [5.74, 6) is 0.552. The Balaban J connectivity index is 1.40. The highest BCUT2D eigenvalue weighted by atomic mass is 32.1. The third kappa shape index (κ3) is 4.09. The predicted octanol–water partition coefficient (Wildman–Crippen LogP) is 3.22. The van der Waals surface area contributed by atoms with Gasteiger partial charge < -0.3 is 10.2 Å². The number of aromatic amines is 1. The summed E-state index contributed by atoms with van der Waals surface area (Å²) in [6.45, 7) is 1.36. The second-order valence-corrected chi connectivity index (χ2v) is 7.35. The van der Waals surface area contributed by atoms with E-state index in [4.69, 9.17) is 0 Å². The number of thiophene rings is 1. The van der Waals surface area contributed by atoms with E-state index in [-0.39, 0.29) is 17.5 Å². The molecule has 7 heteroatoms. The van der Waals surface area contributed by atoms with Gasteiger partial charge in [-0.1, -0.05) is 18.2 Å². The summed E-state index contributed by atoms with van der Waals surface area (Å²) in [7, 11) is 0. The van der Waals surface area contributed by atoms with Crippen molar-refractivity contribution in [2.45, 2.75) is 18.9 Å². The average Bonchev–Trinajstić information content (AvgIpc) is 3.23. The van der Waals surface area contributed by atoms with Gasteiger partial charge in [-0.25, -0.2) is 4.98 Å². The molecule has 3 aromatic rings. The molecule has 0 bridgehead atoms. The summed E-state index contributed by atoms with van der Waals surface area (Å²) in [5, 5.41) is 7.26. The van der Waals surface area contributed by atoms with Gasteiger partial charge in [0.05, 0.1) is 5.69 Å². The van der Waals surface area contributed by atoms with Crippen LogP contribution in [0.1, 0.15) is 23.2 Å². The molecule has 2 N–H and O–H groups in total. The van der Waals surface area contributed by atoms with E-state index in [9.17, 15) is 9.59 Å². The largest absolute Gasteiger partial charge is 0.353 e. The third-order valence-corrected chi connectivity index (χ3v) is 5.39. The van der Waals surface area contributed by atoms with E-state index in [1.165, 1.54) is 6.07 Å². The smallest absolute Gasteiger partial charge is 0.253 e. The van der Waals surface area contributed by atoms with Gasteiger partial charge in [-0.2, -0.15) is 11.3 Å². The normalized spacial score (nSPS) is 14.9.